The third-order valence-electron chi connectivity index (χ3n) is 7.52. The van der Waals surface area contributed by atoms with Crippen LogP contribution in [0.4, 0.5) is 11.4 Å². The third-order valence-corrected chi connectivity index (χ3v) is 7.52. The van der Waals surface area contributed by atoms with E-state index in [1.54, 1.807) is 0 Å². The Morgan fingerprint density at radius 2 is 1.38 bits per heavy atom. The van der Waals surface area contributed by atoms with Crippen LogP contribution in [-0.4, -0.2) is 79.9 Å². The first-order valence-corrected chi connectivity index (χ1v) is 14.1. The van der Waals surface area contributed by atoms with Crippen LogP contribution in [0.1, 0.15) is 27.9 Å². The van der Waals surface area contributed by atoms with Crippen molar-refractivity contribution in [2.45, 2.75) is 19.3 Å². The Balaban J connectivity index is 1.31. The summed E-state index contributed by atoms with van der Waals surface area (Å²) in [5, 5.41) is 6.42. The zero-order valence-corrected chi connectivity index (χ0v) is 22.9. The Morgan fingerprint density at radius 3 is 2.08 bits per heavy atom. The molecule has 3 amide bonds. The van der Waals surface area contributed by atoms with Gasteiger partial charge in [0, 0.05) is 51.4 Å². The van der Waals surface area contributed by atoms with E-state index in [9.17, 15) is 14.4 Å². The summed E-state index contributed by atoms with van der Waals surface area (Å²) in [7, 11) is 0. The third kappa shape index (κ3) is 7.07. The van der Waals surface area contributed by atoms with Gasteiger partial charge in [0.05, 0.1) is 24.2 Å². The number of nitrogens with zero attached hydrogens (tertiary/aromatic N) is 3. The average molecular weight is 540 g/mol. The molecule has 2 aliphatic heterocycles. The highest BCUT2D eigenvalue weighted by molar-refractivity contribution is 6.00. The number of carbonyl (C=O) groups is 3. The summed E-state index contributed by atoms with van der Waals surface area (Å²) >= 11 is 0. The fraction of sp³-hybridized carbons (Fsp3) is 0.344. The molecule has 0 radical (unpaired) electrons. The molecule has 0 saturated carbocycles. The van der Waals surface area contributed by atoms with E-state index in [2.05, 4.69) is 15.5 Å². The van der Waals surface area contributed by atoms with Crippen LogP contribution in [0.25, 0.3) is 0 Å². The Kier molecular flexibility index (Phi) is 9.08. The van der Waals surface area contributed by atoms with E-state index >= 15 is 0 Å². The zero-order valence-electron chi connectivity index (χ0n) is 22.9. The Morgan fingerprint density at radius 1 is 0.700 bits per heavy atom. The predicted molar refractivity (Wildman–Crippen MR) is 158 cm³/mol. The van der Waals surface area contributed by atoms with Crippen molar-refractivity contribution < 1.29 is 14.4 Å². The molecule has 40 heavy (non-hydrogen) atoms. The van der Waals surface area contributed by atoms with E-state index in [0.717, 1.165) is 36.3 Å². The van der Waals surface area contributed by atoms with Crippen molar-refractivity contribution in [1.82, 2.24) is 15.1 Å². The number of carbonyl (C=O) groups excluding carboxylic acids is 3. The van der Waals surface area contributed by atoms with E-state index in [-0.39, 0.29) is 24.1 Å². The van der Waals surface area contributed by atoms with Crippen molar-refractivity contribution in [2.75, 3.05) is 62.6 Å². The van der Waals surface area contributed by atoms with Gasteiger partial charge in [-0.3, -0.25) is 14.4 Å². The van der Waals surface area contributed by atoms with Crippen molar-refractivity contribution >= 4 is 29.1 Å². The lowest BCUT2D eigenvalue weighted by atomic mass is 10.1. The van der Waals surface area contributed by atoms with Crippen LogP contribution >= 0.6 is 0 Å². The second-order valence-electron chi connectivity index (χ2n) is 10.4. The summed E-state index contributed by atoms with van der Waals surface area (Å²) in [6.07, 6.45) is 1.56. The van der Waals surface area contributed by atoms with Gasteiger partial charge in [-0.2, -0.15) is 0 Å². The molecular formula is C32H37N5O3. The maximum atomic E-state index is 13.4. The summed E-state index contributed by atoms with van der Waals surface area (Å²) in [5.41, 5.74) is 4.00. The summed E-state index contributed by atoms with van der Waals surface area (Å²) in [6.45, 7) is 5.55. The molecule has 0 unspecified atom stereocenters. The van der Waals surface area contributed by atoms with Crippen LogP contribution in [0.15, 0.2) is 78.9 Å². The number of benzene rings is 3. The van der Waals surface area contributed by atoms with Crippen molar-refractivity contribution in [3.63, 3.8) is 0 Å². The quantitative estimate of drug-likeness (QED) is 0.482. The minimum absolute atomic E-state index is 0.0230. The van der Waals surface area contributed by atoms with Crippen LogP contribution in [0.2, 0.25) is 0 Å². The zero-order chi connectivity index (χ0) is 27.7. The molecule has 3 aromatic carbocycles. The van der Waals surface area contributed by atoms with Crippen LogP contribution in [-0.2, 0) is 22.4 Å². The molecule has 0 spiro atoms. The Bertz CT molecular complexity index is 1300. The lowest BCUT2D eigenvalue weighted by Gasteiger charge is -2.37. The topological polar surface area (TPSA) is 85.0 Å². The van der Waals surface area contributed by atoms with Crippen molar-refractivity contribution in [3.05, 3.63) is 95.6 Å². The minimum Gasteiger partial charge on any atom is -0.366 e. The number of nitrogens with one attached hydrogen (secondary N) is 2. The Labute approximate surface area is 236 Å². The van der Waals surface area contributed by atoms with Gasteiger partial charge in [0.25, 0.3) is 5.91 Å². The summed E-state index contributed by atoms with van der Waals surface area (Å²) < 4.78 is 0. The molecule has 5 rings (SSSR count). The first-order valence-electron chi connectivity index (χ1n) is 14.1. The fourth-order valence-corrected chi connectivity index (χ4v) is 5.33. The number of anilines is 2. The van der Waals surface area contributed by atoms with Crippen molar-refractivity contribution in [3.8, 4) is 0 Å². The molecule has 0 aromatic heterocycles. The molecule has 2 N–H and O–H groups in total. The van der Waals surface area contributed by atoms with Crippen LogP contribution in [0, 0.1) is 0 Å². The summed E-state index contributed by atoms with van der Waals surface area (Å²) in [4.78, 5) is 45.3. The summed E-state index contributed by atoms with van der Waals surface area (Å²) in [6, 6.07) is 25.0. The molecule has 3 aromatic rings. The standard InChI is InChI=1S/C32H37N5O3/c38-30(22-25-8-3-1-4-9-25)34-28-24-27(32(40)37-16-7-14-33-15-17-37)12-13-29(28)35-18-20-36(21-19-35)31(39)23-26-10-5-2-6-11-26/h1-6,8-13,24,33H,7,14-23H2,(H,34,38). The van der Waals surface area contributed by atoms with Gasteiger partial charge in [-0.05, 0) is 42.3 Å². The van der Waals surface area contributed by atoms with Crippen molar-refractivity contribution in [1.29, 1.82) is 0 Å². The maximum absolute atomic E-state index is 13.4. The second kappa shape index (κ2) is 13.3. The number of piperazine rings is 1. The second-order valence-corrected chi connectivity index (χ2v) is 10.4. The summed E-state index contributed by atoms with van der Waals surface area (Å²) in [5.74, 6) is -0.0343. The predicted octanol–water partition coefficient (Wildman–Crippen LogP) is 3.19. The van der Waals surface area contributed by atoms with Gasteiger partial charge >= 0.3 is 0 Å². The molecular weight excluding hydrogens is 502 g/mol. The molecule has 8 heteroatoms. The lowest BCUT2D eigenvalue weighted by Crippen LogP contribution is -2.49. The molecule has 208 valence electrons. The van der Waals surface area contributed by atoms with E-state index in [0.29, 0.717) is 56.9 Å². The normalized spacial score (nSPS) is 15.8. The minimum atomic E-state index is -0.132. The number of hydrogen-bond acceptors (Lipinski definition) is 5. The van der Waals surface area contributed by atoms with Gasteiger partial charge in [0.15, 0.2) is 0 Å². The molecule has 2 saturated heterocycles. The lowest BCUT2D eigenvalue weighted by molar-refractivity contribution is -0.130. The molecule has 8 nitrogen and oxygen atoms in total. The highest BCUT2D eigenvalue weighted by atomic mass is 16.2. The highest BCUT2D eigenvalue weighted by Crippen LogP contribution is 2.29. The fourth-order valence-electron chi connectivity index (χ4n) is 5.33. The van der Waals surface area contributed by atoms with Gasteiger partial charge in [-0.15, -0.1) is 0 Å². The van der Waals surface area contributed by atoms with Gasteiger partial charge in [-0.25, -0.2) is 0 Å². The smallest absolute Gasteiger partial charge is 0.253 e. The first-order chi connectivity index (χ1) is 19.6. The van der Waals surface area contributed by atoms with Crippen molar-refractivity contribution in [2.24, 2.45) is 0 Å². The van der Waals surface area contributed by atoms with E-state index < -0.39 is 0 Å². The van der Waals surface area contributed by atoms with E-state index in [1.807, 2.05) is 88.7 Å². The van der Waals surface area contributed by atoms with E-state index in [1.165, 1.54) is 0 Å². The van der Waals surface area contributed by atoms with E-state index in [4.69, 9.17) is 0 Å². The molecule has 0 bridgehead atoms. The molecule has 0 aliphatic carbocycles. The van der Waals surface area contributed by atoms with Gasteiger partial charge in [0.1, 0.15) is 0 Å². The van der Waals surface area contributed by atoms with Crippen LogP contribution < -0.4 is 15.5 Å². The first kappa shape index (κ1) is 27.4. The molecule has 2 heterocycles. The van der Waals surface area contributed by atoms with Crippen LogP contribution in [0.5, 0.6) is 0 Å². The molecule has 2 aliphatic rings. The molecule has 0 atom stereocenters. The van der Waals surface area contributed by atoms with Gasteiger partial charge in [-0.1, -0.05) is 60.7 Å². The largest absolute Gasteiger partial charge is 0.366 e. The molecule has 2 fully saturated rings. The highest BCUT2D eigenvalue weighted by Gasteiger charge is 2.25. The monoisotopic (exact) mass is 539 g/mol. The number of amides is 3. The SMILES string of the molecule is O=C(Cc1ccccc1)Nc1cc(C(=O)N2CCCNCC2)ccc1N1CCN(C(=O)Cc2ccccc2)CC1. The van der Waals surface area contributed by atoms with Gasteiger partial charge < -0.3 is 25.3 Å². The number of rotatable bonds is 7. The van der Waals surface area contributed by atoms with Crippen LogP contribution in [0.3, 0.4) is 0 Å². The average Bonchev–Trinajstić information content (AvgIpc) is 3.28. The number of hydrogen-bond donors (Lipinski definition) is 2. The Hall–Kier alpha value is -4.17. The maximum Gasteiger partial charge on any atom is 0.253 e. The van der Waals surface area contributed by atoms with Gasteiger partial charge in [0.2, 0.25) is 11.8 Å².